The minimum atomic E-state index is -1.78. The van der Waals surface area contributed by atoms with Gasteiger partial charge in [0.2, 0.25) is 0 Å². The second-order valence-corrected chi connectivity index (χ2v) is 18.1. The summed E-state index contributed by atoms with van der Waals surface area (Å²) in [6.07, 6.45) is 23.8. The van der Waals surface area contributed by atoms with Crippen molar-refractivity contribution < 1.29 is 73.8 Å². The molecule has 2 aliphatic rings. The van der Waals surface area contributed by atoms with Crippen LogP contribution in [0.25, 0.3) is 0 Å². The van der Waals surface area contributed by atoms with Crippen LogP contribution in [0.1, 0.15) is 181 Å². The van der Waals surface area contributed by atoms with Gasteiger partial charge in [0, 0.05) is 12.5 Å². The highest BCUT2D eigenvalue weighted by atomic mass is 16.7. The maximum atomic E-state index is 12.9. The largest absolute Gasteiger partial charge is 0.462 e. The lowest BCUT2D eigenvalue weighted by molar-refractivity contribution is -0.332. The van der Waals surface area contributed by atoms with Crippen LogP contribution in [0.3, 0.4) is 0 Å². The molecule has 0 saturated carbocycles. The van der Waals surface area contributed by atoms with Crippen LogP contribution in [0.15, 0.2) is 36.5 Å². The fourth-order valence-corrected chi connectivity index (χ4v) is 7.94. The third-order valence-corrected chi connectivity index (χ3v) is 12.2. The summed E-state index contributed by atoms with van der Waals surface area (Å²) in [6.45, 7) is 2.46. The third-order valence-electron chi connectivity index (χ3n) is 12.2. The molecule has 2 rings (SSSR count). The van der Waals surface area contributed by atoms with Gasteiger partial charge in [-0.05, 0) is 44.9 Å². The van der Waals surface area contributed by atoms with Crippen LogP contribution in [-0.2, 0) is 38.0 Å². The van der Waals surface area contributed by atoms with Crippen LogP contribution in [-0.4, -0.2) is 142 Å². The fourth-order valence-electron chi connectivity index (χ4n) is 7.94. The molecule has 0 aromatic carbocycles. The van der Waals surface area contributed by atoms with E-state index in [1.54, 1.807) is 12.2 Å². The number of ether oxygens (including phenoxy) is 6. The normalized spacial score (nSPS) is 26.4. The second-order valence-electron chi connectivity index (χ2n) is 18.1. The van der Waals surface area contributed by atoms with Crippen molar-refractivity contribution in [3.8, 4) is 0 Å². The van der Waals surface area contributed by atoms with Gasteiger partial charge in [0.05, 0.1) is 19.8 Å². The van der Waals surface area contributed by atoms with E-state index >= 15 is 0 Å². The number of aliphatic hydroxyl groups is 7. The Labute approximate surface area is 395 Å². The van der Waals surface area contributed by atoms with Crippen molar-refractivity contribution in [2.24, 2.45) is 0 Å². The van der Waals surface area contributed by atoms with Gasteiger partial charge in [-0.15, -0.1) is 0 Å². The van der Waals surface area contributed by atoms with Gasteiger partial charge in [0.1, 0.15) is 55.4 Å². The molecule has 2 aliphatic heterocycles. The summed E-state index contributed by atoms with van der Waals surface area (Å²) in [5.74, 6) is -1.18. The Morgan fingerprint density at radius 3 is 1.52 bits per heavy atom. The van der Waals surface area contributed by atoms with Crippen LogP contribution in [0.2, 0.25) is 0 Å². The van der Waals surface area contributed by atoms with Crippen molar-refractivity contribution in [3.63, 3.8) is 0 Å². The standard InChI is InChI=1S/C51H90O15/c1-3-5-7-9-11-13-15-17-19-21-23-25-27-29-31-33-42(53)61-36-39(64-43(54)34-32-30-28-26-24-22-20-18-16-14-12-10-8-6-4-2)37-62-50-49(60)47(58)45(56)41(66-50)38-63-51-48(59)46(57)44(55)40(35-52)65-51/h13,15,28,30,32,34,39-41,44-52,55-60H,3-12,14,16-27,29,31,33,35-38H2,1-2H3/b15-13+,30-28+,34-32+/t39-,40-,41-,44+,45+,46?,47?,48?,49?,50-,51-/m1/s1. The molecular formula is C51H90O15. The number of rotatable bonds is 39. The molecule has 2 fully saturated rings. The molecule has 66 heavy (non-hydrogen) atoms. The topological polar surface area (TPSA) is 231 Å². The molecule has 0 aliphatic carbocycles. The zero-order valence-electron chi connectivity index (χ0n) is 40.4. The van der Waals surface area contributed by atoms with Gasteiger partial charge in [0.15, 0.2) is 18.7 Å². The first-order valence-electron chi connectivity index (χ1n) is 25.6. The smallest absolute Gasteiger partial charge is 0.331 e. The summed E-state index contributed by atoms with van der Waals surface area (Å²) < 4.78 is 33.4. The quantitative estimate of drug-likeness (QED) is 0.0109. The molecule has 0 amide bonds. The lowest BCUT2D eigenvalue weighted by Crippen LogP contribution is -2.61. The molecule has 2 heterocycles. The van der Waals surface area contributed by atoms with E-state index < -0.39 is 99.3 Å². The monoisotopic (exact) mass is 943 g/mol. The van der Waals surface area contributed by atoms with Crippen molar-refractivity contribution in [3.05, 3.63) is 36.5 Å². The number of carbonyl (C=O) groups is 2. The van der Waals surface area contributed by atoms with Crippen molar-refractivity contribution in [1.82, 2.24) is 0 Å². The van der Waals surface area contributed by atoms with E-state index in [0.29, 0.717) is 6.42 Å². The van der Waals surface area contributed by atoms with Gasteiger partial charge >= 0.3 is 11.9 Å². The number of hydrogen-bond donors (Lipinski definition) is 7. The maximum absolute atomic E-state index is 12.9. The van der Waals surface area contributed by atoms with Gasteiger partial charge in [-0.1, -0.05) is 160 Å². The molecule has 0 aromatic heterocycles. The maximum Gasteiger partial charge on any atom is 0.331 e. The summed E-state index contributed by atoms with van der Waals surface area (Å²) in [6, 6.07) is 0. The van der Waals surface area contributed by atoms with Crippen LogP contribution < -0.4 is 0 Å². The highest BCUT2D eigenvalue weighted by Gasteiger charge is 2.47. The molecule has 15 heteroatoms. The Morgan fingerprint density at radius 2 is 0.970 bits per heavy atom. The SMILES string of the molecule is CCCCCC/C=C/CCCCCCCCCC(=O)OC[C@H](CO[C@@H]1O[C@H](CO[C@@H]2O[C@H](CO)[C@H](O)C(O)C2O)[C@H](O)C(O)C1O)OC(=O)/C=C/C=C/CCCCCCCCCCCCC. The molecule has 0 bridgehead atoms. The molecule has 11 atom stereocenters. The highest BCUT2D eigenvalue weighted by Crippen LogP contribution is 2.26. The minimum Gasteiger partial charge on any atom is -0.462 e. The predicted octanol–water partition coefficient (Wildman–Crippen LogP) is 6.93. The van der Waals surface area contributed by atoms with Crippen LogP contribution >= 0.6 is 0 Å². The molecule has 4 unspecified atom stereocenters. The Hall–Kier alpha value is -2.28. The van der Waals surface area contributed by atoms with Crippen LogP contribution in [0, 0.1) is 0 Å². The zero-order valence-corrected chi connectivity index (χ0v) is 40.4. The van der Waals surface area contributed by atoms with Crippen molar-refractivity contribution in [1.29, 1.82) is 0 Å². The fraction of sp³-hybridized carbons (Fsp3) is 0.843. The van der Waals surface area contributed by atoms with E-state index in [4.69, 9.17) is 28.4 Å². The number of esters is 2. The first-order valence-corrected chi connectivity index (χ1v) is 25.6. The molecule has 15 nitrogen and oxygen atoms in total. The van der Waals surface area contributed by atoms with Crippen molar-refractivity contribution >= 4 is 11.9 Å². The van der Waals surface area contributed by atoms with Gasteiger partial charge in [-0.2, -0.15) is 0 Å². The van der Waals surface area contributed by atoms with E-state index in [0.717, 1.165) is 51.4 Å². The van der Waals surface area contributed by atoms with Gasteiger partial charge < -0.3 is 64.2 Å². The average Bonchev–Trinajstić information content (AvgIpc) is 3.31. The summed E-state index contributed by atoms with van der Waals surface area (Å²) >= 11 is 0. The molecule has 0 radical (unpaired) electrons. The van der Waals surface area contributed by atoms with E-state index in [1.807, 2.05) is 6.08 Å². The van der Waals surface area contributed by atoms with Crippen LogP contribution in [0.5, 0.6) is 0 Å². The summed E-state index contributed by atoms with van der Waals surface area (Å²) in [4.78, 5) is 25.6. The van der Waals surface area contributed by atoms with Gasteiger partial charge in [-0.3, -0.25) is 4.79 Å². The number of carbonyl (C=O) groups excluding carboxylic acids is 2. The first-order chi connectivity index (χ1) is 32.0. The van der Waals surface area contributed by atoms with Crippen LogP contribution in [0.4, 0.5) is 0 Å². The lowest BCUT2D eigenvalue weighted by Gasteiger charge is -2.42. The average molecular weight is 943 g/mol. The number of hydrogen-bond acceptors (Lipinski definition) is 15. The highest BCUT2D eigenvalue weighted by molar-refractivity contribution is 5.82. The van der Waals surface area contributed by atoms with Gasteiger partial charge in [-0.25, -0.2) is 4.79 Å². The van der Waals surface area contributed by atoms with Crippen molar-refractivity contribution in [2.75, 3.05) is 26.4 Å². The zero-order chi connectivity index (χ0) is 48.2. The first kappa shape index (κ1) is 59.8. The summed E-state index contributed by atoms with van der Waals surface area (Å²) in [5.41, 5.74) is 0. The molecule has 7 N–H and O–H groups in total. The second kappa shape index (κ2) is 38.6. The summed E-state index contributed by atoms with van der Waals surface area (Å²) in [5, 5.41) is 72.0. The van der Waals surface area contributed by atoms with E-state index in [1.165, 1.54) is 109 Å². The number of allylic oxidation sites excluding steroid dienone is 5. The third kappa shape index (κ3) is 26.5. The predicted molar refractivity (Wildman–Crippen MR) is 252 cm³/mol. The Bertz CT molecular complexity index is 1290. The molecule has 384 valence electrons. The van der Waals surface area contributed by atoms with Crippen molar-refractivity contribution in [2.45, 2.75) is 248 Å². The lowest BCUT2D eigenvalue weighted by atomic mass is 9.98. The Kier molecular flexibility index (Phi) is 35.0. The van der Waals surface area contributed by atoms with E-state index in [9.17, 15) is 45.3 Å². The molecule has 0 spiro atoms. The van der Waals surface area contributed by atoms with Gasteiger partial charge in [0.25, 0.3) is 0 Å². The molecular weight excluding hydrogens is 853 g/mol. The molecule has 0 aromatic rings. The molecule has 2 saturated heterocycles. The van der Waals surface area contributed by atoms with E-state index in [2.05, 4.69) is 26.0 Å². The summed E-state index contributed by atoms with van der Waals surface area (Å²) in [7, 11) is 0. The minimum absolute atomic E-state index is 0.194. The number of unbranched alkanes of at least 4 members (excludes halogenated alkanes) is 22. The van der Waals surface area contributed by atoms with E-state index in [-0.39, 0.29) is 13.0 Å². The number of aliphatic hydroxyl groups excluding tert-OH is 7. The Balaban J connectivity index is 1.85. The Morgan fingerprint density at radius 1 is 0.515 bits per heavy atom.